The Morgan fingerprint density at radius 1 is 1.16 bits per heavy atom. The van der Waals surface area contributed by atoms with Gasteiger partial charge in [-0.25, -0.2) is 4.79 Å². The molecule has 1 aliphatic carbocycles. The standard InChI is InChI=1S/C29H36N2O6/c1-3-4-5-8-15-36-27(35)29-26(34)23-10-7-6-9-22(23)25(33)28(29,37-29)17-21(18-32)19(2)11-12-20-13-14-31-24(30)16-20/h6-7,9-10,13,16,31-32H,3-5,8,11-12,14-15,17-18,30H2,1-2H3/b21-19-/t28-,29-/m0/s1. The number of esters is 1. The van der Waals surface area contributed by atoms with Gasteiger partial charge in [-0.15, -0.1) is 0 Å². The van der Waals surface area contributed by atoms with Crippen molar-refractivity contribution in [2.75, 3.05) is 19.8 Å². The Hall–Kier alpha value is -3.23. The van der Waals surface area contributed by atoms with Crippen molar-refractivity contribution >= 4 is 17.5 Å². The summed E-state index contributed by atoms with van der Waals surface area (Å²) in [6.07, 6.45) is 8.83. The second-order valence-electron chi connectivity index (χ2n) is 9.99. The summed E-state index contributed by atoms with van der Waals surface area (Å²) >= 11 is 0. The van der Waals surface area contributed by atoms with Crippen molar-refractivity contribution < 1.29 is 29.0 Å². The molecule has 0 amide bonds. The summed E-state index contributed by atoms with van der Waals surface area (Å²) in [6.45, 7) is 4.47. The molecule has 3 aliphatic rings. The van der Waals surface area contributed by atoms with Crippen LogP contribution >= 0.6 is 0 Å². The maximum Gasteiger partial charge on any atom is 0.350 e. The van der Waals surface area contributed by atoms with Crippen LogP contribution in [0.5, 0.6) is 0 Å². The number of nitrogens with one attached hydrogen (secondary N) is 1. The molecule has 1 fully saturated rings. The largest absolute Gasteiger partial charge is 0.463 e. The summed E-state index contributed by atoms with van der Waals surface area (Å²) in [7, 11) is 0. The summed E-state index contributed by atoms with van der Waals surface area (Å²) in [5.74, 6) is -1.21. The second kappa shape index (κ2) is 11.0. The Balaban J connectivity index is 1.60. The van der Waals surface area contributed by atoms with Gasteiger partial charge in [-0.2, -0.15) is 0 Å². The first-order valence-corrected chi connectivity index (χ1v) is 13.0. The fourth-order valence-electron chi connectivity index (χ4n) is 5.23. The van der Waals surface area contributed by atoms with Gasteiger partial charge in [-0.05, 0) is 43.4 Å². The fraction of sp³-hybridized carbons (Fsp3) is 0.483. The molecule has 1 aromatic carbocycles. The van der Waals surface area contributed by atoms with Gasteiger partial charge in [0, 0.05) is 24.1 Å². The van der Waals surface area contributed by atoms with E-state index in [9.17, 15) is 19.5 Å². The van der Waals surface area contributed by atoms with Crippen LogP contribution in [0.4, 0.5) is 0 Å². The third-order valence-corrected chi connectivity index (χ3v) is 7.53. The van der Waals surface area contributed by atoms with E-state index in [-0.39, 0.29) is 30.8 Å². The Bertz CT molecular complexity index is 1180. The molecule has 0 radical (unpaired) electrons. The molecular formula is C29H36N2O6. The van der Waals surface area contributed by atoms with E-state index in [1.54, 1.807) is 18.2 Å². The second-order valence-corrected chi connectivity index (χ2v) is 9.99. The zero-order chi connectivity index (χ0) is 26.6. The molecule has 2 heterocycles. The number of benzene rings is 1. The van der Waals surface area contributed by atoms with Crippen molar-refractivity contribution in [3.63, 3.8) is 0 Å². The van der Waals surface area contributed by atoms with Crippen molar-refractivity contribution in [1.82, 2.24) is 5.32 Å². The van der Waals surface area contributed by atoms with Gasteiger partial charge in [0.15, 0.2) is 11.4 Å². The van der Waals surface area contributed by atoms with Crippen LogP contribution in [-0.4, -0.2) is 53.6 Å². The number of aliphatic hydroxyl groups excluding tert-OH is 1. The highest BCUT2D eigenvalue weighted by atomic mass is 16.7. The van der Waals surface area contributed by atoms with Gasteiger partial charge in [0.25, 0.3) is 5.60 Å². The van der Waals surface area contributed by atoms with Crippen LogP contribution in [0.3, 0.4) is 0 Å². The third-order valence-electron chi connectivity index (χ3n) is 7.53. The third kappa shape index (κ3) is 4.88. The number of Topliss-reactive ketones (excluding diaryl/α,β-unsaturated/α-hetero) is 2. The minimum absolute atomic E-state index is 0.0578. The van der Waals surface area contributed by atoms with E-state index in [0.717, 1.165) is 30.4 Å². The number of ether oxygens (including phenoxy) is 2. The van der Waals surface area contributed by atoms with Gasteiger partial charge < -0.3 is 25.6 Å². The van der Waals surface area contributed by atoms with Gasteiger partial charge in [-0.3, -0.25) is 9.59 Å². The van der Waals surface area contributed by atoms with E-state index < -0.39 is 28.7 Å². The van der Waals surface area contributed by atoms with Crippen molar-refractivity contribution in [2.24, 2.45) is 5.73 Å². The zero-order valence-electron chi connectivity index (χ0n) is 21.6. The highest BCUT2D eigenvalue weighted by Crippen LogP contribution is 2.59. The van der Waals surface area contributed by atoms with Gasteiger partial charge in [0.1, 0.15) is 0 Å². The zero-order valence-corrected chi connectivity index (χ0v) is 21.6. The smallest absolute Gasteiger partial charge is 0.350 e. The topological polar surface area (TPSA) is 131 Å². The lowest BCUT2D eigenvalue weighted by Crippen LogP contribution is -2.51. The number of dihydropyridines is 1. The first kappa shape index (κ1) is 26.8. The first-order valence-electron chi connectivity index (χ1n) is 13.0. The number of rotatable bonds is 12. The highest BCUT2D eigenvalue weighted by molar-refractivity contribution is 6.32. The molecule has 2 atom stereocenters. The summed E-state index contributed by atoms with van der Waals surface area (Å²) < 4.78 is 11.4. The van der Waals surface area contributed by atoms with Gasteiger partial charge in [0.2, 0.25) is 5.78 Å². The van der Waals surface area contributed by atoms with Crippen molar-refractivity contribution in [3.8, 4) is 0 Å². The van der Waals surface area contributed by atoms with Crippen LogP contribution in [0.2, 0.25) is 0 Å². The summed E-state index contributed by atoms with van der Waals surface area (Å²) in [5, 5.41) is 13.3. The Labute approximate surface area is 217 Å². The minimum atomic E-state index is -2.02. The lowest BCUT2D eigenvalue weighted by atomic mass is 9.71. The molecule has 2 aliphatic heterocycles. The molecular weight excluding hydrogens is 472 g/mol. The molecule has 0 aromatic heterocycles. The maximum absolute atomic E-state index is 13.7. The molecule has 8 nitrogen and oxygen atoms in total. The van der Waals surface area contributed by atoms with E-state index in [1.807, 2.05) is 19.1 Å². The average molecular weight is 509 g/mol. The number of nitrogens with two attached hydrogens (primary N) is 1. The van der Waals surface area contributed by atoms with E-state index in [1.165, 1.54) is 6.07 Å². The van der Waals surface area contributed by atoms with Crippen molar-refractivity contribution in [1.29, 1.82) is 0 Å². The van der Waals surface area contributed by atoms with Crippen LogP contribution in [0.15, 0.2) is 59.0 Å². The quantitative estimate of drug-likeness (QED) is 0.129. The Morgan fingerprint density at radius 2 is 1.89 bits per heavy atom. The number of fused-ring (bicyclic) bond motifs is 2. The molecule has 0 spiro atoms. The molecule has 8 heteroatoms. The normalized spacial score (nSPS) is 24.7. The molecule has 1 aromatic rings. The first-order chi connectivity index (χ1) is 17.8. The number of carbonyl (C=O) groups excluding carboxylic acids is 3. The van der Waals surface area contributed by atoms with Crippen molar-refractivity contribution in [3.05, 3.63) is 70.1 Å². The average Bonchev–Trinajstić information content (AvgIpc) is 3.60. The van der Waals surface area contributed by atoms with Crippen LogP contribution in [0.25, 0.3) is 0 Å². The molecule has 0 unspecified atom stereocenters. The fourth-order valence-corrected chi connectivity index (χ4v) is 5.23. The van der Waals surface area contributed by atoms with E-state index in [2.05, 4.69) is 12.2 Å². The van der Waals surface area contributed by atoms with Crippen molar-refractivity contribution in [2.45, 2.75) is 70.0 Å². The summed E-state index contributed by atoms with van der Waals surface area (Å²) in [5.41, 5.74) is 5.05. The van der Waals surface area contributed by atoms with Crippen LogP contribution in [0, 0.1) is 0 Å². The van der Waals surface area contributed by atoms with Gasteiger partial charge in [-0.1, -0.05) is 62.1 Å². The number of epoxide rings is 1. The van der Waals surface area contributed by atoms with E-state index >= 15 is 0 Å². The summed E-state index contributed by atoms with van der Waals surface area (Å²) in [6, 6.07) is 6.45. The van der Waals surface area contributed by atoms with Crippen LogP contribution in [-0.2, 0) is 14.3 Å². The highest BCUT2D eigenvalue weighted by Gasteiger charge is 2.85. The Morgan fingerprint density at radius 3 is 2.57 bits per heavy atom. The van der Waals surface area contributed by atoms with Gasteiger partial charge in [0.05, 0.1) is 19.0 Å². The number of allylic oxidation sites excluding steroid dienone is 3. The number of hydrogen-bond donors (Lipinski definition) is 3. The molecule has 4 rings (SSSR count). The number of aliphatic hydroxyl groups is 1. The number of carbonyl (C=O) groups is 3. The number of ketones is 2. The molecule has 198 valence electrons. The molecule has 1 saturated heterocycles. The lowest BCUT2D eigenvalue weighted by molar-refractivity contribution is -0.148. The molecule has 37 heavy (non-hydrogen) atoms. The molecule has 0 bridgehead atoms. The predicted octanol–water partition coefficient (Wildman–Crippen LogP) is 3.51. The Kier molecular flexibility index (Phi) is 7.99. The lowest BCUT2D eigenvalue weighted by Gasteiger charge is -2.25. The van der Waals surface area contributed by atoms with Crippen LogP contribution in [0.1, 0.15) is 79.5 Å². The molecule has 0 saturated carbocycles. The monoisotopic (exact) mass is 508 g/mol. The SMILES string of the molecule is CCCCCCOC(=O)[C@]12O[C@@]1(C/C(CO)=C(\C)CCC1=CCNC(N)=C1)C(=O)c1ccccc1C2=O. The van der Waals surface area contributed by atoms with E-state index in [0.29, 0.717) is 37.2 Å². The number of hydrogen-bond acceptors (Lipinski definition) is 8. The van der Waals surface area contributed by atoms with Crippen LogP contribution < -0.4 is 11.1 Å². The maximum atomic E-state index is 13.7. The summed E-state index contributed by atoms with van der Waals surface area (Å²) in [4.78, 5) is 40.7. The predicted molar refractivity (Wildman–Crippen MR) is 139 cm³/mol. The van der Waals surface area contributed by atoms with E-state index in [4.69, 9.17) is 15.2 Å². The molecule has 4 N–H and O–H groups in total. The van der Waals surface area contributed by atoms with Gasteiger partial charge >= 0.3 is 5.97 Å². The minimum Gasteiger partial charge on any atom is -0.463 e. The number of unbranched alkanes of at least 4 members (excludes halogenated alkanes) is 3.